The lowest BCUT2D eigenvalue weighted by Gasteiger charge is -2.19. The molecule has 33 heavy (non-hydrogen) atoms. The van der Waals surface area contributed by atoms with Crippen LogP contribution in [0.2, 0.25) is 5.02 Å². The van der Waals surface area contributed by atoms with E-state index in [1.807, 2.05) is 12.1 Å². The van der Waals surface area contributed by atoms with Crippen molar-refractivity contribution in [2.24, 2.45) is 0 Å². The largest absolute Gasteiger partial charge is 0.335 e. The summed E-state index contributed by atoms with van der Waals surface area (Å²) in [7, 11) is 0. The minimum Gasteiger partial charge on any atom is -0.335 e. The van der Waals surface area contributed by atoms with E-state index in [0.29, 0.717) is 27.4 Å². The number of thioether (sulfide) groups is 1. The van der Waals surface area contributed by atoms with Crippen LogP contribution >= 0.6 is 23.4 Å². The fraction of sp³-hybridized carbons (Fsp3) is 0.227. The lowest BCUT2D eigenvalue weighted by molar-refractivity contribution is -0.113. The highest BCUT2D eigenvalue weighted by Gasteiger charge is 2.17. The molecule has 170 valence electrons. The molecule has 0 saturated heterocycles. The van der Waals surface area contributed by atoms with Crippen LogP contribution in [0, 0.1) is 0 Å². The number of carbonyl (C=O) groups excluding carboxylic acids is 1. The van der Waals surface area contributed by atoms with Crippen molar-refractivity contribution >= 4 is 35.0 Å². The normalized spacial score (nSPS) is 11.5. The quantitative estimate of drug-likeness (QED) is 0.316. The van der Waals surface area contributed by atoms with Gasteiger partial charge in [0, 0.05) is 10.6 Å². The number of hydrogen-bond acceptors (Lipinski definition) is 7. The first-order chi connectivity index (χ1) is 15.7. The third kappa shape index (κ3) is 5.18. The molecular formula is C22H23ClN8OS. The first kappa shape index (κ1) is 22.8. The van der Waals surface area contributed by atoms with E-state index in [4.69, 9.17) is 17.4 Å². The van der Waals surface area contributed by atoms with Crippen LogP contribution in [0.4, 0.5) is 5.69 Å². The average Bonchev–Trinajstić information content (AvgIpc) is 3.42. The Balaban J connectivity index is 1.44. The van der Waals surface area contributed by atoms with Crippen molar-refractivity contribution in [3.8, 4) is 17.1 Å². The van der Waals surface area contributed by atoms with E-state index in [0.717, 1.165) is 5.56 Å². The van der Waals surface area contributed by atoms with Crippen molar-refractivity contribution in [3.05, 3.63) is 65.7 Å². The van der Waals surface area contributed by atoms with Crippen LogP contribution in [0.25, 0.3) is 17.1 Å². The van der Waals surface area contributed by atoms with Gasteiger partial charge >= 0.3 is 0 Å². The Morgan fingerprint density at radius 1 is 1.15 bits per heavy atom. The smallest absolute Gasteiger partial charge is 0.234 e. The molecule has 0 radical (unpaired) electrons. The molecule has 0 fully saturated rings. The summed E-state index contributed by atoms with van der Waals surface area (Å²) in [6.45, 7) is 6.47. The number of nitrogen functional groups attached to an aromatic ring is 1. The molecule has 0 bridgehead atoms. The molecule has 9 nitrogen and oxygen atoms in total. The van der Waals surface area contributed by atoms with E-state index in [-0.39, 0.29) is 17.1 Å². The molecule has 1 amide bonds. The maximum absolute atomic E-state index is 12.6. The van der Waals surface area contributed by atoms with Crippen LogP contribution in [0.3, 0.4) is 0 Å². The highest BCUT2D eigenvalue weighted by Crippen LogP contribution is 2.27. The van der Waals surface area contributed by atoms with Crippen molar-refractivity contribution in [1.29, 1.82) is 0 Å². The Morgan fingerprint density at radius 2 is 1.91 bits per heavy atom. The number of rotatable bonds is 6. The van der Waals surface area contributed by atoms with E-state index >= 15 is 0 Å². The van der Waals surface area contributed by atoms with Crippen LogP contribution in [-0.4, -0.2) is 41.3 Å². The Labute approximate surface area is 200 Å². The number of hydrogen-bond donors (Lipinski definition) is 2. The molecule has 4 aromatic rings. The summed E-state index contributed by atoms with van der Waals surface area (Å²) in [5.74, 6) is 6.58. The van der Waals surface area contributed by atoms with Crippen molar-refractivity contribution in [1.82, 2.24) is 29.6 Å². The summed E-state index contributed by atoms with van der Waals surface area (Å²) in [6, 6.07) is 13.2. The lowest BCUT2D eigenvalue weighted by atomic mass is 9.87. The third-order valence-electron chi connectivity index (χ3n) is 4.90. The predicted molar refractivity (Wildman–Crippen MR) is 130 cm³/mol. The number of nitrogens with two attached hydrogens (primary N) is 1. The second kappa shape index (κ2) is 9.24. The van der Waals surface area contributed by atoms with Gasteiger partial charge in [-0.3, -0.25) is 4.79 Å². The number of halogens is 1. The Kier molecular flexibility index (Phi) is 6.39. The van der Waals surface area contributed by atoms with Gasteiger partial charge in [0.05, 0.1) is 17.1 Å². The zero-order chi connectivity index (χ0) is 23.6. The molecule has 11 heteroatoms. The molecule has 3 N–H and O–H groups in total. The Bertz CT molecular complexity index is 1260. The number of nitrogens with zero attached hydrogens (tertiary/aromatic N) is 6. The first-order valence-electron chi connectivity index (χ1n) is 10.1. The molecule has 4 rings (SSSR count). The number of amides is 1. The van der Waals surface area contributed by atoms with Gasteiger partial charge in [-0.15, -0.1) is 10.2 Å². The van der Waals surface area contributed by atoms with Gasteiger partial charge in [-0.1, -0.05) is 68.4 Å². The summed E-state index contributed by atoms with van der Waals surface area (Å²) in [4.78, 5) is 16.6. The fourth-order valence-corrected chi connectivity index (χ4v) is 3.98. The van der Waals surface area contributed by atoms with Crippen LogP contribution in [-0.2, 0) is 10.2 Å². The summed E-state index contributed by atoms with van der Waals surface area (Å²) in [5.41, 5.74) is 3.29. The van der Waals surface area contributed by atoms with Crippen LogP contribution in [0.1, 0.15) is 26.3 Å². The van der Waals surface area contributed by atoms with Gasteiger partial charge in [-0.05, 0) is 29.2 Å². The van der Waals surface area contributed by atoms with Gasteiger partial charge in [-0.25, -0.2) is 14.3 Å². The number of benzene rings is 2. The SMILES string of the molecule is CC(C)(C)c1ccc(-c2nnc(SCC(=O)Nc3cc(Cl)ccc3-n3cncn3)n2N)cc1. The Morgan fingerprint density at radius 3 is 2.58 bits per heavy atom. The number of anilines is 1. The third-order valence-corrected chi connectivity index (χ3v) is 6.08. The molecule has 0 aliphatic rings. The van der Waals surface area contributed by atoms with Gasteiger partial charge in [0.1, 0.15) is 12.7 Å². The Hall–Kier alpha value is -3.37. The van der Waals surface area contributed by atoms with E-state index in [9.17, 15) is 4.79 Å². The summed E-state index contributed by atoms with van der Waals surface area (Å²) in [6.07, 6.45) is 2.96. The molecule has 2 heterocycles. The minimum atomic E-state index is -0.247. The lowest BCUT2D eigenvalue weighted by Crippen LogP contribution is -2.17. The van der Waals surface area contributed by atoms with E-state index in [1.165, 1.54) is 28.3 Å². The number of aromatic nitrogens is 6. The summed E-state index contributed by atoms with van der Waals surface area (Å²) < 4.78 is 2.94. The summed E-state index contributed by atoms with van der Waals surface area (Å²) >= 11 is 7.30. The molecule has 0 aliphatic heterocycles. The molecular weight excluding hydrogens is 460 g/mol. The zero-order valence-corrected chi connectivity index (χ0v) is 19.9. The number of carbonyl (C=O) groups is 1. The van der Waals surface area contributed by atoms with Gasteiger partial charge in [-0.2, -0.15) is 5.10 Å². The van der Waals surface area contributed by atoms with Crippen LogP contribution in [0.15, 0.2) is 60.3 Å². The molecule has 2 aromatic heterocycles. The van der Waals surface area contributed by atoms with Crippen LogP contribution in [0.5, 0.6) is 0 Å². The molecule has 0 saturated carbocycles. The molecule has 2 aromatic carbocycles. The standard InChI is InChI=1S/C22H23ClN8OS/c1-22(2,3)15-6-4-14(5-7-15)20-28-29-21(31(20)24)33-11-19(32)27-17-10-16(23)8-9-18(17)30-13-25-12-26-30/h4-10,12-13H,11,24H2,1-3H3,(H,27,32). The molecule has 0 spiro atoms. The average molecular weight is 483 g/mol. The monoisotopic (exact) mass is 482 g/mol. The van der Waals surface area contributed by atoms with Crippen molar-refractivity contribution < 1.29 is 4.79 Å². The number of nitrogens with one attached hydrogen (secondary N) is 1. The van der Waals surface area contributed by atoms with Crippen molar-refractivity contribution in [2.75, 3.05) is 16.9 Å². The molecule has 0 aliphatic carbocycles. The topological polar surface area (TPSA) is 117 Å². The highest BCUT2D eigenvalue weighted by molar-refractivity contribution is 7.99. The minimum absolute atomic E-state index is 0.0556. The highest BCUT2D eigenvalue weighted by atomic mass is 35.5. The molecule has 0 atom stereocenters. The maximum atomic E-state index is 12.6. The maximum Gasteiger partial charge on any atom is 0.234 e. The fourth-order valence-electron chi connectivity index (χ4n) is 3.15. The van der Waals surface area contributed by atoms with Crippen molar-refractivity contribution in [2.45, 2.75) is 31.3 Å². The molecule has 0 unspecified atom stereocenters. The van der Waals surface area contributed by atoms with E-state index < -0.39 is 0 Å². The van der Waals surface area contributed by atoms with Gasteiger partial charge in [0.15, 0.2) is 5.82 Å². The van der Waals surface area contributed by atoms with Gasteiger partial charge in [0.2, 0.25) is 11.1 Å². The van der Waals surface area contributed by atoms with Gasteiger partial charge < -0.3 is 11.2 Å². The predicted octanol–water partition coefficient (Wildman–Crippen LogP) is 3.92. The van der Waals surface area contributed by atoms with Crippen LogP contribution < -0.4 is 11.2 Å². The first-order valence-corrected chi connectivity index (χ1v) is 11.5. The summed E-state index contributed by atoms with van der Waals surface area (Å²) in [5, 5.41) is 16.2. The second-order valence-corrected chi connectivity index (χ2v) is 9.72. The van der Waals surface area contributed by atoms with Gasteiger partial charge in [0.25, 0.3) is 0 Å². The van der Waals surface area contributed by atoms with E-state index in [2.05, 4.69) is 58.5 Å². The van der Waals surface area contributed by atoms with E-state index in [1.54, 1.807) is 29.2 Å². The second-order valence-electron chi connectivity index (χ2n) is 8.34. The van der Waals surface area contributed by atoms with Crippen molar-refractivity contribution in [3.63, 3.8) is 0 Å². The zero-order valence-electron chi connectivity index (χ0n) is 18.4.